The summed E-state index contributed by atoms with van der Waals surface area (Å²) in [5, 5.41) is 10.5. The van der Waals surface area contributed by atoms with Gasteiger partial charge in [-0.2, -0.15) is 0 Å². The van der Waals surface area contributed by atoms with Gasteiger partial charge in [0, 0.05) is 18.6 Å². The van der Waals surface area contributed by atoms with Crippen molar-refractivity contribution < 1.29 is 28.8 Å². The first kappa shape index (κ1) is 11.9. The molecule has 0 bridgehead atoms. The fourth-order valence-electron chi connectivity index (χ4n) is 1.02. The molecule has 0 spiro atoms. The number of carbonyl (C=O) groups excluding carboxylic acids is 1. The molecule has 0 amide bonds. The Balaban J connectivity index is 0.00000112. The molecule has 0 aromatic carbocycles. The van der Waals surface area contributed by atoms with Gasteiger partial charge in [-0.25, -0.2) is 4.98 Å². The first-order chi connectivity index (χ1) is 6.77. The second-order valence-corrected chi connectivity index (χ2v) is 3.58. The molecular formula is C9H5LiN2O2S. The minimum atomic E-state index is -1.24. The molecule has 0 saturated heterocycles. The molecule has 0 unspecified atom stereocenters. The van der Waals surface area contributed by atoms with Gasteiger partial charge in [-0.15, -0.1) is 11.3 Å². The normalized spacial score (nSPS) is 9.33. The summed E-state index contributed by atoms with van der Waals surface area (Å²) < 4.78 is 0. The average molecular weight is 212 g/mol. The Bertz CT molecular complexity index is 458. The Hall–Kier alpha value is -1.15. The summed E-state index contributed by atoms with van der Waals surface area (Å²) in [6.07, 6.45) is 4.81. The first-order valence-corrected chi connectivity index (χ1v) is 4.66. The van der Waals surface area contributed by atoms with E-state index in [0.29, 0.717) is 0 Å². The molecule has 2 aromatic heterocycles. The number of carboxylic acids is 1. The third kappa shape index (κ3) is 2.66. The van der Waals surface area contributed by atoms with Crippen molar-refractivity contribution in [3.05, 3.63) is 35.7 Å². The molecule has 15 heavy (non-hydrogen) atoms. The number of pyridine rings is 1. The fourth-order valence-corrected chi connectivity index (χ4v) is 1.77. The van der Waals surface area contributed by atoms with E-state index in [0.717, 1.165) is 21.8 Å². The van der Waals surface area contributed by atoms with Crippen molar-refractivity contribution in [3.63, 3.8) is 0 Å². The summed E-state index contributed by atoms with van der Waals surface area (Å²) in [4.78, 5) is 18.9. The molecule has 0 radical (unpaired) electrons. The third-order valence-electron chi connectivity index (χ3n) is 1.65. The Morgan fingerprint density at radius 2 is 2.00 bits per heavy atom. The zero-order valence-corrected chi connectivity index (χ0v) is 8.82. The van der Waals surface area contributed by atoms with Gasteiger partial charge in [-0.1, -0.05) is 0 Å². The van der Waals surface area contributed by atoms with Crippen LogP contribution in [-0.2, 0) is 0 Å². The summed E-state index contributed by atoms with van der Waals surface area (Å²) in [5.41, 5.74) is 0.907. The number of carbonyl (C=O) groups is 1. The molecule has 0 N–H and O–H groups in total. The van der Waals surface area contributed by atoms with E-state index < -0.39 is 5.97 Å². The van der Waals surface area contributed by atoms with Crippen molar-refractivity contribution in [2.75, 3.05) is 0 Å². The van der Waals surface area contributed by atoms with Crippen molar-refractivity contribution >= 4 is 17.3 Å². The van der Waals surface area contributed by atoms with Gasteiger partial charge < -0.3 is 9.90 Å². The molecular weight excluding hydrogens is 207 g/mol. The molecule has 2 heterocycles. The predicted octanol–water partition coefficient (Wildman–Crippen LogP) is -2.43. The van der Waals surface area contributed by atoms with Crippen molar-refractivity contribution in [2.45, 2.75) is 0 Å². The summed E-state index contributed by atoms with van der Waals surface area (Å²) >= 11 is 1.09. The van der Waals surface area contributed by atoms with E-state index in [-0.39, 0.29) is 23.9 Å². The second kappa shape index (κ2) is 5.08. The Labute approximate surface area is 102 Å². The number of hydrogen-bond donors (Lipinski definition) is 0. The molecule has 0 atom stereocenters. The van der Waals surface area contributed by atoms with Gasteiger partial charge in [0.2, 0.25) is 0 Å². The van der Waals surface area contributed by atoms with Gasteiger partial charge in [0.25, 0.3) is 0 Å². The number of thiazole rings is 1. The Morgan fingerprint density at radius 3 is 2.53 bits per heavy atom. The van der Waals surface area contributed by atoms with E-state index >= 15 is 0 Å². The van der Waals surface area contributed by atoms with Crippen LogP contribution in [0.4, 0.5) is 0 Å². The molecule has 2 aromatic rings. The van der Waals surface area contributed by atoms with E-state index in [1.165, 1.54) is 6.20 Å². The summed E-state index contributed by atoms with van der Waals surface area (Å²) in [6.45, 7) is 0. The van der Waals surface area contributed by atoms with E-state index in [1.807, 2.05) is 0 Å². The topological polar surface area (TPSA) is 65.9 Å². The quantitative estimate of drug-likeness (QED) is 0.519. The maximum absolute atomic E-state index is 10.5. The second-order valence-electron chi connectivity index (χ2n) is 2.55. The molecule has 2 rings (SSSR count). The maximum Gasteiger partial charge on any atom is 1.00 e. The molecule has 0 aliphatic rings. The first-order valence-electron chi connectivity index (χ1n) is 3.85. The van der Waals surface area contributed by atoms with Gasteiger partial charge in [-0.3, -0.25) is 4.98 Å². The molecule has 6 heteroatoms. The summed E-state index contributed by atoms with van der Waals surface area (Å²) in [7, 11) is 0. The van der Waals surface area contributed by atoms with E-state index in [9.17, 15) is 9.90 Å². The van der Waals surface area contributed by atoms with Gasteiger partial charge >= 0.3 is 18.9 Å². The largest absolute Gasteiger partial charge is 1.00 e. The number of rotatable bonds is 2. The number of aromatic carboxylic acids is 1. The van der Waals surface area contributed by atoms with Gasteiger partial charge in [0.1, 0.15) is 11.0 Å². The minimum Gasteiger partial charge on any atom is -0.542 e. The van der Waals surface area contributed by atoms with Crippen molar-refractivity contribution in [3.8, 4) is 10.4 Å². The molecule has 0 aliphatic carbocycles. The Morgan fingerprint density at radius 1 is 1.33 bits per heavy atom. The fraction of sp³-hybridized carbons (Fsp3) is 0. The van der Waals surface area contributed by atoms with E-state index in [1.54, 1.807) is 24.5 Å². The molecule has 0 fully saturated rings. The summed E-state index contributed by atoms with van der Waals surface area (Å²) in [6, 6.07) is 3.60. The van der Waals surface area contributed by atoms with Crippen molar-refractivity contribution in [1.82, 2.24) is 9.97 Å². The summed E-state index contributed by atoms with van der Waals surface area (Å²) in [5.74, 6) is -1.24. The average Bonchev–Trinajstić information content (AvgIpc) is 2.68. The number of hydrogen-bond acceptors (Lipinski definition) is 5. The predicted molar refractivity (Wildman–Crippen MR) is 49.7 cm³/mol. The van der Waals surface area contributed by atoms with Crippen LogP contribution in [0.1, 0.15) is 9.80 Å². The van der Waals surface area contributed by atoms with Crippen LogP contribution < -0.4 is 24.0 Å². The number of aromatic nitrogens is 2. The molecule has 70 valence electrons. The van der Waals surface area contributed by atoms with Crippen LogP contribution in [0.2, 0.25) is 0 Å². The smallest absolute Gasteiger partial charge is 0.542 e. The minimum absolute atomic E-state index is 0. The van der Waals surface area contributed by atoms with Crippen LogP contribution in [-0.4, -0.2) is 15.9 Å². The van der Waals surface area contributed by atoms with Crippen molar-refractivity contribution in [2.24, 2.45) is 0 Å². The van der Waals surface area contributed by atoms with Crippen LogP contribution in [0.25, 0.3) is 10.4 Å². The van der Waals surface area contributed by atoms with Crippen LogP contribution in [0.5, 0.6) is 0 Å². The standard InChI is InChI=1S/C9H6N2O2S.Li/c12-9(13)8-11-5-7(14-8)6-1-3-10-4-2-6;/h1-5H,(H,12,13);/q;+1/p-1. The number of nitrogens with zero attached hydrogens (tertiary/aromatic N) is 2. The van der Waals surface area contributed by atoms with Gasteiger partial charge in [-0.05, 0) is 17.7 Å². The van der Waals surface area contributed by atoms with Crippen LogP contribution in [0.15, 0.2) is 30.7 Å². The van der Waals surface area contributed by atoms with Gasteiger partial charge in [0.05, 0.1) is 4.88 Å². The van der Waals surface area contributed by atoms with Crippen molar-refractivity contribution in [1.29, 1.82) is 0 Å². The van der Waals surface area contributed by atoms with E-state index in [2.05, 4.69) is 9.97 Å². The van der Waals surface area contributed by atoms with E-state index in [4.69, 9.17) is 0 Å². The molecule has 4 nitrogen and oxygen atoms in total. The van der Waals surface area contributed by atoms with Crippen LogP contribution in [0, 0.1) is 0 Å². The van der Waals surface area contributed by atoms with Crippen LogP contribution in [0.3, 0.4) is 0 Å². The van der Waals surface area contributed by atoms with Crippen LogP contribution >= 0.6 is 11.3 Å². The monoisotopic (exact) mass is 212 g/mol. The maximum atomic E-state index is 10.5. The number of carboxylic acid groups (broad SMARTS) is 1. The Kier molecular flexibility index (Phi) is 4.03. The SMILES string of the molecule is O=C([O-])c1ncc(-c2ccncc2)s1.[Li+]. The zero-order valence-electron chi connectivity index (χ0n) is 8.01. The molecule has 0 aliphatic heterocycles. The zero-order chi connectivity index (χ0) is 9.97. The van der Waals surface area contributed by atoms with Gasteiger partial charge in [0.15, 0.2) is 0 Å². The molecule has 0 saturated carbocycles. The third-order valence-corrected chi connectivity index (χ3v) is 2.67.